The van der Waals surface area contributed by atoms with Crippen LogP contribution < -0.4 is 19.5 Å². The number of carbonyl (C=O) groups excluding carboxylic acids is 1. The molecule has 5 heteroatoms. The smallest absolute Gasteiger partial charge is 0.259 e. The Balaban J connectivity index is 1.83. The van der Waals surface area contributed by atoms with Crippen LogP contribution in [0.5, 0.6) is 17.2 Å². The number of hydrogen-bond acceptors (Lipinski definition) is 4. The van der Waals surface area contributed by atoms with Crippen LogP contribution in [0, 0.1) is 6.92 Å². The lowest BCUT2D eigenvalue weighted by atomic mass is 10.1. The third-order valence-electron chi connectivity index (χ3n) is 3.60. The number of anilines is 1. The summed E-state index contributed by atoms with van der Waals surface area (Å²) in [5.41, 5.74) is 2.15. The molecule has 1 aliphatic rings. The summed E-state index contributed by atoms with van der Waals surface area (Å²) in [4.78, 5) is 12.5. The predicted molar refractivity (Wildman–Crippen MR) is 87.7 cm³/mol. The first-order valence-corrected chi connectivity index (χ1v) is 7.53. The van der Waals surface area contributed by atoms with E-state index in [1.54, 1.807) is 31.4 Å². The fourth-order valence-electron chi connectivity index (χ4n) is 2.44. The average Bonchev–Trinajstić information content (AvgIpc) is 2.79. The molecular weight excluding hydrogens is 294 g/mol. The maximum atomic E-state index is 12.5. The first kappa shape index (κ1) is 15.2. The van der Waals surface area contributed by atoms with Crippen LogP contribution in [-0.2, 0) is 0 Å². The van der Waals surface area contributed by atoms with E-state index in [4.69, 9.17) is 14.2 Å². The molecule has 0 radical (unpaired) electrons. The summed E-state index contributed by atoms with van der Waals surface area (Å²) in [6.45, 7) is 3.18. The van der Waals surface area contributed by atoms with Gasteiger partial charge in [-0.25, -0.2) is 0 Å². The average molecular weight is 313 g/mol. The zero-order valence-corrected chi connectivity index (χ0v) is 13.2. The lowest BCUT2D eigenvalue weighted by Crippen LogP contribution is -2.13. The van der Waals surface area contributed by atoms with E-state index in [0.717, 1.165) is 12.0 Å². The zero-order valence-electron chi connectivity index (χ0n) is 13.2. The Bertz CT molecular complexity index is 727. The second-order valence-corrected chi connectivity index (χ2v) is 5.37. The van der Waals surface area contributed by atoms with Crippen molar-refractivity contribution < 1.29 is 19.0 Å². The number of nitrogens with one attached hydrogen (secondary N) is 1. The Labute approximate surface area is 135 Å². The van der Waals surface area contributed by atoms with Crippen LogP contribution in [0.15, 0.2) is 36.4 Å². The second-order valence-electron chi connectivity index (χ2n) is 5.37. The quantitative estimate of drug-likeness (QED) is 0.943. The van der Waals surface area contributed by atoms with Crippen molar-refractivity contribution in [2.75, 3.05) is 25.6 Å². The number of amides is 1. The molecule has 1 aliphatic heterocycles. The van der Waals surface area contributed by atoms with Crippen LogP contribution in [0.4, 0.5) is 5.69 Å². The van der Waals surface area contributed by atoms with Gasteiger partial charge in [0.25, 0.3) is 5.91 Å². The SMILES string of the molecule is COc1ccc(C)cc1C(=O)Nc1ccc2c(c1)OCCCO2. The van der Waals surface area contributed by atoms with Crippen LogP contribution in [0.25, 0.3) is 0 Å². The van der Waals surface area contributed by atoms with Gasteiger partial charge in [0, 0.05) is 18.2 Å². The second kappa shape index (κ2) is 6.60. The highest BCUT2D eigenvalue weighted by atomic mass is 16.5. The molecule has 0 unspecified atom stereocenters. The molecule has 5 nitrogen and oxygen atoms in total. The monoisotopic (exact) mass is 313 g/mol. The highest BCUT2D eigenvalue weighted by Gasteiger charge is 2.15. The predicted octanol–water partition coefficient (Wildman–Crippen LogP) is 3.42. The normalized spacial score (nSPS) is 13.1. The van der Waals surface area contributed by atoms with Gasteiger partial charge in [-0.05, 0) is 31.2 Å². The number of aryl methyl sites for hydroxylation is 1. The molecular formula is C18H19NO4. The minimum Gasteiger partial charge on any atom is -0.496 e. The van der Waals surface area contributed by atoms with Gasteiger partial charge in [-0.2, -0.15) is 0 Å². The molecule has 0 saturated carbocycles. The van der Waals surface area contributed by atoms with Crippen LogP contribution >= 0.6 is 0 Å². The van der Waals surface area contributed by atoms with Crippen LogP contribution in [0.1, 0.15) is 22.3 Å². The van der Waals surface area contributed by atoms with E-state index in [9.17, 15) is 4.79 Å². The number of rotatable bonds is 3. The van der Waals surface area contributed by atoms with E-state index in [1.807, 2.05) is 19.1 Å². The van der Waals surface area contributed by atoms with Gasteiger partial charge in [-0.1, -0.05) is 11.6 Å². The van der Waals surface area contributed by atoms with Gasteiger partial charge in [0.2, 0.25) is 0 Å². The largest absolute Gasteiger partial charge is 0.496 e. The number of benzene rings is 2. The van der Waals surface area contributed by atoms with Crippen molar-refractivity contribution in [1.29, 1.82) is 0 Å². The van der Waals surface area contributed by atoms with Crippen molar-refractivity contribution in [3.05, 3.63) is 47.5 Å². The standard InChI is InChI=1S/C18H19NO4/c1-12-4-6-15(21-2)14(10-12)18(20)19-13-5-7-16-17(11-13)23-9-3-8-22-16/h4-7,10-11H,3,8-9H2,1-2H3,(H,19,20). The summed E-state index contributed by atoms with van der Waals surface area (Å²) in [6, 6.07) is 10.9. The van der Waals surface area contributed by atoms with Gasteiger partial charge in [-0.3, -0.25) is 4.79 Å². The van der Waals surface area contributed by atoms with Gasteiger partial charge in [0.1, 0.15) is 5.75 Å². The molecule has 120 valence electrons. The number of methoxy groups -OCH3 is 1. The number of ether oxygens (including phenoxy) is 3. The van der Waals surface area contributed by atoms with Gasteiger partial charge in [0.05, 0.1) is 25.9 Å². The number of fused-ring (bicyclic) bond motifs is 1. The summed E-state index contributed by atoms with van der Waals surface area (Å²) in [5, 5.41) is 2.88. The molecule has 3 rings (SSSR count). The van der Waals surface area contributed by atoms with Crippen molar-refractivity contribution in [1.82, 2.24) is 0 Å². The Kier molecular flexibility index (Phi) is 4.37. The number of carbonyl (C=O) groups is 1. The lowest BCUT2D eigenvalue weighted by Gasteiger charge is -2.12. The highest BCUT2D eigenvalue weighted by Crippen LogP contribution is 2.32. The third-order valence-corrected chi connectivity index (χ3v) is 3.60. The van der Waals surface area contributed by atoms with Gasteiger partial charge < -0.3 is 19.5 Å². The van der Waals surface area contributed by atoms with Crippen molar-refractivity contribution >= 4 is 11.6 Å². The maximum absolute atomic E-state index is 12.5. The third kappa shape index (κ3) is 3.39. The Hall–Kier alpha value is -2.69. The summed E-state index contributed by atoms with van der Waals surface area (Å²) >= 11 is 0. The van der Waals surface area contributed by atoms with E-state index in [2.05, 4.69) is 5.32 Å². The summed E-state index contributed by atoms with van der Waals surface area (Å²) < 4.78 is 16.5. The minimum absolute atomic E-state index is 0.222. The van der Waals surface area contributed by atoms with E-state index >= 15 is 0 Å². The van der Waals surface area contributed by atoms with E-state index in [0.29, 0.717) is 41.7 Å². The molecule has 1 N–H and O–H groups in total. The molecule has 0 bridgehead atoms. The van der Waals surface area contributed by atoms with E-state index in [-0.39, 0.29) is 5.91 Å². The van der Waals surface area contributed by atoms with Crippen molar-refractivity contribution in [3.8, 4) is 17.2 Å². The molecule has 2 aromatic carbocycles. The molecule has 0 atom stereocenters. The topological polar surface area (TPSA) is 56.8 Å². The van der Waals surface area contributed by atoms with E-state index < -0.39 is 0 Å². The van der Waals surface area contributed by atoms with Crippen molar-refractivity contribution in [2.24, 2.45) is 0 Å². The van der Waals surface area contributed by atoms with Crippen LogP contribution in [-0.4, -0.2) is 26.2 Å². The van der Waals surface area contributed by atoms with Gasteiger partial charge >= 0.3 is 0 Å². The van der Waals surface area contributed by atoms with Crippen molar-refractivity contribution in [2.45, 2.75) is 13.3 Å². The minimum atomic E-state index is -0.222. The molecule has 23 heavy (non-hydrogen) atoms. The fraction of sp³-hybridized carbons (Fsp3) is 0.278. The summed E-state index contributed by atoms with van der Waals surface area (Å²) in [7, 11) is 1.55. The zero-order chi connectivity index (χ0) is 16.2. The Morgan fingerprint density at radius 3 is 2.65 bits per heavy atom. The lowest BCUT2D eigenvalue weighted by molar-refractivity contribution is 0.102. The molecule has 0 aromatic heterocycles. The maximum Gasteiger partial charge on any atom is 0.259 e. The van der Waals surface area contributed by atoms with Crippen molar-refractivity contribution in [3.63, 3.8) is 0 Å². The molecule has 1 heterocycles. The molecule has 0 aliphatic carbocycles. The van der Waals surface area contributed by atoms with Crippen LogP contribution in [0.3, 0.4) is 0 Å². The van der Waals surface area contributed by atoms with Gasteiger partial charge in [0.15, 0.2) is 11.5 Å². The summed E-state index contributed by atoms with van der Waals surface area (Å²) in [5.74, 6) is 1.67. The fourth-order valence-corrected chi connectivity index (χ4v) is 2.44. The Morgan fingerprint density at radius 1 is 1.09 bits per heavy atom. The first-order valence-electron chi connectivity index (χ1n) is 7.53. The summed E-state index contributed by atoms with van der Waals surface area (Å²) in [6.07, 6.45) is 0.844. The highest BCUT2D eigenvalue weighted by molar-refractivity contribution is 6.06. The Morgan fingerprint density at radius 2 is 1.87 bits per heavy atom. The molecule has 2 aromatic rings. The molecule has 1 amide bonds. The molecule has 0 spiro atoms. The molecule has 0 fully saturated rings. The van der Waals surface area contributed by atoms with E-state index in [1.165, 1.54) is 0 Å². The number of hydrogen-bond donors (Lipinski definition) is 1. The van der Waals surface area contributed by atoms with Gasteiger partial charge in [-0.15, -0.1) is 0 Å². The first-order chi connectivity index (χ1) is 11.2. The molecule has 0 saturated heterocycles. The van der Waals surface area contributed by atoms with Crippen LogP contribution in [0.2, 0.25) is 0 Å².